The van der Waals surface area contributed by atoms with Gasteiger partial charge in [-0.2, -0.15) is 0 Å². The van der Waals surface area contributed by atoms with Crippen molar-refractivity contribution in [1.29, 1.82) is 0 Å². The Bertz CT molecular complexity index is 2660. The summed E-state index contributed by atoms with van der Waals surface area (Å²) in [5.41, 5.74) is 1.05. The molecule has 21 heteroatoms. The number of hydrogen-bond donors (Lipinski definition) is 10. The molecule has 0 heterocycles. The van der Waals surface area contributed by atoms with E-state index in [-0.39, 0.29) is 45.3 Å². The van der Waals surface area contributed by atoms with Crippen molar-refractivity contribution in [3.05, 3.63) is 130 Å². The molecular weight excluding hydrogens is 845 g/mol. The normalized spacial score (nSPS) is 11.1. The third-order valence-corrected chi connectivity index (χ3v) is 9.18. The minimum absolute atomic E-state index is 0.00530. The number of aromatic carboxylic acids is 1. The molecule has 0 saturated heterocycles. The van der Waals surface area contributed by atoms with E-state index in [2.05, 4.69) is 31.1 Å². The summed E-state index contributed by atoms with van der Waals surface area (Å²) in [6.45, 7) is 1.16. The van der Waals surface area contributed by atoms with E-state index < -0.39 is 66.9 Å². The number of rotatable bonds is 16. The fourth-order valence-corrected chi connectivity index (χ4v) is 6.07. The number of hydrogen-bond acceptors (Lipinski definition) is 12. The highest BCUT2D eigenvalue weighted by Crippen LogP contribution is 2.41. The van der Waals surface area contributed by atoms with Gasteiger partial charge in [0.15, 0.2) is 23.0 Å². The molecule has 0 atom stereocenters. The Balaban J connectivity index is 1.11. The first kappa shape index (κ1) is 45.9. The molecule has 0 aromatic heterocycles. The summed E-state index contributed by atoms with van der Waals surface area (Å²) >= 11 is 0. The highest BCUT2D eigenvalue weighted by atomic mass is 31.2. The van der Waals surface area contributed by atoms with Gasteiger partial charge in [0.25, 0.3) is 23.6 Å². The van der Waals surface area contributed by atoms with Gasteiger partial charge in [-0.3, -0.25) is 33.8 Å². The molecule has 0 saturated carbocycles. The first-order valence-corrected chi connectivity index (χ1v) is 19.7. The molecule has 0 spiro atoms. The lowest BCUT2D eigenvalue weighted by molar-refractivity contribution is -0.115. The molecule has 20 nitrogen and oxygen atoms in total. The van der Waals surface area contributed by atoms with Crippen LogP contribution in [0.4, 0.5) is 22.7 Å². The van der Waals surface area contributed by atoms with Gasteiger partial charge in [0.1, 0.15) is 11.3 Å². The van der Waals surface area contributed by atoms with Crippen molar-refractivity contribution < 1.29 is 72.4 Å². The summed E-state index contributed by atoms with van der Waals surface area (Å²) in [5.74, 6) is -6.54. The molecule has 0 aliphatic heterocycles. The van der Waals surface area contributed by atoms with Gasteiger partial charge in [0.05, 0.1) is 37.7 Å². The van der Waals surface area contributed by atoms with E-state index in [9.17, 15) is 48.7 Å². The molecule has 5 rings (SSSR count). The van der Waals surface area contributed by atoms with E-state index in [1.54, 1.807) is 13.0 Å². The number of phenolic OH excluding ortho intramolecular Hbond substituents is 1. The van der Waals surface area contributed by atoms with Crippen LogP contribution in [0.5, 0.6) is 28.7 Å². The summed E-state index contributed by atoms with van der Waals surface area (Å²) in [6, 6.07) is 22.0. The van der Waals surface area contributed by atoms with Crippen LogP contribution in [0.15, 0.2) is 103 Å². The van der Waals surface area contributed by atoms with Crippen molar-refractivity contribution in [2.45, 2.75) is 6.92 Å². The third kappa shape index (κ3) is 12.0. The number of carbonyl (C=O) groups excluding carboxylic acids is 5. The van der Waals surface area contributed by atoms with Gasteiger partial charge in [-0.15, -0.1) is 0 Å². The Morgan fingerprint density at radius 1 is 0.619 bits per heavy atom. The van der Waals surface area contributed by atoms with Crippen molar-refractivity contribution in [2.24, 2.45) is 0 Å². The number of carboxylic acids is 1. The average Bonchev–Trinajstić information content (AvgIpc) is 3.23. The molecule has 0 aliphatic rings. The highest BCUT2D eigenvalue weighted by Gasteiger charge is 2.24. The molecule has 0 unspecified atom stereocenters. The lowest BCUT2D eigenvalue weighted by Gasteiger charge is -2.16. The smallest absolute Gasteiger partial charge is 0.504 e. The maximum absolute atomic E-state index is 13.1. The second-order valence-electron chi connectivity index (χ2n) is 13.1. The van der Waals surface area contributed by atoms with Crippen LogP contribution < -0.4 is 40.6 Å². The first-order valence-electron chi connectivity index (χ1n) is 18.2. The van der Waals surface area contributed by atoms with Crippen molar-refractivity contribution in [3.8, 4) is 28.7 Å². The number of nitrogens with one attached hydrogen (secondary N) is 5. The van der Waals surface area contributed by atoms with Crippen LogP contribution in [0.1, 0.15) is 53.9 Å². The molecule has 5 aromatic carbocycles. The number of phosphoric acid groups is 1. The molecule has 0 radical (unpaired) electrons. The zero-order valence-corrected chi connectivity index (χ0v) is 34.2. The summed E-state index contributed by atoms with van der Waals surface area (Å²) in [6.07, 6.45) is 1.55. The molecule has 63 heavy (non-hydrogen) atoms. The Morgan fingerprint density at radius 3 is 1.63 bits per heavy atom. The van der Waals surface area contributed by atoms with Gasteiger partial charge in [0, 0.05) is 28.1 Å². The van der Waals surface area contributed by atoms with Gasteiger partial charge in [-0.1, -0.05) is 12.1 Å². The predicted octanol–water partition coefficient (Wildman–Crippen LogP) is 5.20. The van der Waals surface area contributed by atoms with E-state index >= 15 is 0 Å². The van der Waals surface area contributed by atoms with E-state index in [4.69, 9.17) is 19.3 Å². The number of aromatic hydroxyl groups is 2. The standard InChI is InChI=1S/C42H38N5O15P/c1-22(20-23-4-14-28(15-5-23)62-63(57,58)59)38(51)45-27-12-6-24(7-13-27)39(52)43-21-33(48)44-26-10-8-25(9-11-26)40(53)46-31-18-16-29(34(49)36(31)60-2)41(54)47-32-19-17-30(42(55)56)35(50)37(32)61-3/h4-20,49-50H,21H2,1-3H3,(H,43,52)(H,44,48)(H,45,51)(H,46,53)(H,47,54)(H,55,56)(H2,57,58,59)/b22-20+. The van der Waals surface area contributed by atoms with Crippen LogP contribution in [0.3, 0.4) is 0 Å². The molecular formula is C42H38N5O15P. The van der Waals surface area contributed by atoms with Gasteiger partial charge in [-0.05, 0) is 103 Å². The van der Waals surface area contributed by atoms with E-state index in [1.807, 2.05) is 0 Å². The van der Waals surface area contributed by atoms with Gasteiger partial charge < -0.3 is 55.9 Å². The summed E-state index contributed by atoms with van der Waals surface area (Å²) in [4.78, 5) is 93.4. The van der Waals surface area contributed by atoms with E-state index in [0.717, 1.165) is 13.2 Å². The number of carboxylic acid groups (broad SMARTS) is 1. The van der Waals surface area contributed by atoms with Crippen molar-refractivity contribution in [3.63, 3.8) is 0 Å². The number of phosphoric ester groups is 1. The maximum atomic E-state index is 13.1. The SMILES string of the molecule is COc1c(NC(=O)c2ccc(NC(=O)c3ccc(NC(=O)CNC(=O)c4ccc(NC(=O)/C(C)=C/c5ccc(OP(=O)(O)O)cc5)cc4)cc3)c(OC)c2O)ccc(C(=O)O)c1O. The van der Waals surface area contributed by atoms with Crippen LogP contribution in [0, 0.1) is 0 Å². The van der Waals surface area contributed by atoms with Gasteiger partial charge in [0.2, 0.25) is 5.91 Å². The second-order valence-corrected chi connectivity index (χ2v) is 14.3. The largest absolute Gasteiger partial charge is 0.524 e. The summed E-state index contributed by atoms with van der Waals surface area (Å²) in [5, 5.41) is 43.2. The molecule has 10 N–H and O–H groups in total. The number of amides is 5. The Kier molecular flexibility index (Phi) is 14.5. The quantitative estimate of drug-likeness (QED) is 0.0450. The van der Waals surface area contributed by atoms with Gasteiger partial charge in [-0.25, -0.2) is 9.36 Å². The predicted molar refractivity (Wildman–Crippen MR) is 227 cm³/mol. The van der Waals surface area contributed by atoms with Crippen molar-refractivity contribution >= 4 is 72.2 Å². The maximum Gasteiger partial charge on any atom is 0.524 e. The number of carbonyl (C=O) groups is 6. The number of methoxy groups -OCH3 is 2. The van der Waals surface area contributed by atoms with E-state index in [1.165, 1.54) is 98.1 Å². The molecule has 0 fully saturated rings. The summed E-state index contributed by atoms with van der Waals surface area (Å²) < 4.78 is 25.8. The van der Waals surface area contributed by atoms with E-state index in [0.29, 0.717) is 22.5 Å². The van der Waals surface area contributed by atoms with Crippen molar-refractivity contribution in [2.75, 3.05) is 42.0 Å². The second kappa shape index (κ2) is 19.9. The van der Waals surface area contributed by atoms with Gasteiger partial charge >= 0.3 is 13.8 Å². The number of ether oxygens (including phenoxy) is 2. The molecule has 0 bridgehead atoms. The number of benzene rings is 5. The zero-order chi connectivity index (χ0) is 46.0. The monoisotopic (exact) mass is 883 g/mol. The third-order valence-electron chi connectivity index (χ3n) is 8.73. The Hall–Kier alpha value is -8.19. The fourth-order valence-electron chi connectivity index (χ4n) is 5.68. The Morgan fingerprint density at radius 2 is 1.11 bits per heavy atom. The fraction of sp³-hybridized carbons (Fsp3) is 0.0952. The Labute approximate surface area is 357 Å². The van der Waals surface area contributed by atoms with Crippen molar-refractivity contribution in [1.82, 2.24) is 5.32 Å². The van der Waals surface area contributed by atoms with Crippen LogP contribution in [0.25, 0.3) is 6.08 Å². The number of anilines is 4. The first-order chi connectivity index (χ1) is 29.9. The molecule has 5 amide bonds. The molecule has 5 aromatic rings. The van der Waals surface area contributed by atoms with Crippen LogP contribution >= 0.6 is 7.82 Å². The molecule has 0 aliphatic carbocycles. The zero-order valence-electron chi connectivity index (χ0n) is 33.3. The summed E-state index contributed by atoms with van der Waals surface area (Å²) in [7, 11) is -2.35. The topological polar surface area (TPSA) is 308 Å². The minimum atomic E-state index is -4.70. The number of phenols is 2. The minimum Gasteiger partial charge on any atom is -0.504 e. The molecule has 326 valence electrons. The van der Waals surface area contributed by atoms with Crippen LogP contribution in [0.2, 0.25) is 0 Å². The highest BCUT2D eigenvalue weighted by molar-refractivity contribution is 7.46. The van der Waals surface area contributed by atoms with Crippen LogP contribution in [-0.2, 0) is 14.2 Å². The van der Waals surface area contributed by atoms with Crippen LogP contribution in [-0.4, -0.2) is 81.4 Å². The lowest BCUT2D eigenvalue weighted by atomic mass is 10.1. The lowest BCUT2D eigenvalue weighted by Crippen LogP contribution is -2.32. The average molecular weight is 884 g/mol.